The molecule has 0 aromatic heterocycles. The quantitative estimate of drug-likeness (QED) is 0.332. The van der Waals surface area contributed by atoms with Crippen molar-refractivity contribution in [2.24, 2.45) is 0 Å². The first-order valence-corrected chi connectivity index (χ1v) is 2.70. The number of aliphatic carboxylic acids is 1. The third kappa shape index (κ3) is 1180. The van der Waals surface area contributed by atoms with E-state index in [1.165, 1.54) is 0 Å². The summed E-state index contributed by atoms with van der Waals surface area (Å²) < 4.78 is 78.0. The van der Waals surface area contributed by atoms with Crippen LogP contribution in [0.2, 0.25) is 0 Å². The third-order valence-electron chi connectivity index (χ3n) is 0.101. The van der Waals surface area contributed by atoms with Crippen molar-refractivity contribution in [2.75, 3.05) is 0 Å². The molecule has 0 aliphatic carbocycles. The van der Waals surface area contributed by atoms with Crippen molar-refractivity contribution in [1.29, 1.82) is 0 Å². The van der Waals surface area contributed by atoms with Crippen LogP contribution < -0.4 is 0 Å². The Hall–Kier alpha value is -0.693. The molecular weight excluding hydrogens is 253 g/mol. The summed E-state index contributed by atoms with van der Waals surface area (Å²) in [4.78, 5) is 17.9. The molecule has 0 heterocycles. The zero-order chi connectivity index (χ0) is 13.3. The second-order valence-electron chi connectivity index (χ2n) is 1.45. The Balaban J connectivity index is -0.0000000655. The fourth-order valence-electron chi connectivity index (χ4n) is 0. The molecule has 0 unspecified atom stereocenters. The Morgan fingerprint density at radius 3 is 0.938 bits per heavy atom. The number of carbonyl (C=O) groups is 2. The number of hydrogen-bond donors (Lipinski definition) is 1. The van der Waals surface area contributed by atoms with Gasteiger partial charge in [0.15, 0.2) is 0 Å². The van der Waals surface area contributed by atoms with E-state index < -0.39 is 20.5 Å². The molecule has 0 saturated carbocycles. The molecule has 14 heteroatoms. The maximum atomic E-state index is 9.75. The number of carbonyl (C=O) groups excluding carboxylic acids is 1. The van der Waals surface area contributed by atoms with Gasteiger partial charge in [-0.25, -0.2) is 4.79 Å². The molecule has 0 atom stereocenters. The van der Waals surface area contributed by atoms with Gasteiger partial charge in [-0.05, 0) is 0 Å². The molecule has 0 aliphatic rings. The van der Waals surface area contributed by atoms with Crippen LogP contribution in [0.4, 0.5) is 34.5 Å². The van der Waals surface area contributed by atoms with Crippen LogP contribution in [0.1, 0.15) is 0 Å². The van der Waals surface area contributed by atoms with Crippen LogP contribution in [-0.4, -0.2) is 50.7 Å². The molecule has 0 bridgehead atoms. The van der Waals surface area contributed by atoms with Gasteiger partial charge in [0.1, 0.15) is 0 Å². The minimum atomic E-state index is -6.00. The number of halogens is 8. The molecule has 0 aromatic carbocycles. The van der Waals surface area contributed by atoms with E-state index in [-0.39, 0.29) is 25.1 Å². The Kier molecular flexibility index (Phi) is 16.6. The van der Waals surface area contributed by atoms with Gasteiger partial charge in [0.2, 0.25) is 6.29 Å². The second kappa shape index (κ2) is 10.8. The number of hydrogen-bond acceptors (Lipinski definition) is 2. The predicted octanol–water partition coefficient (Wildman–Crippen LogP) is 1.22. The Labute approximate surface area is 95.6 Å². The molecule has 0 amide bonds. The first kappa shape index (κ1) is 24.5. The standard InChI is InChI=1S/C2H2O3.2BF4.Li.H/c3-1-2(4)5;2*2-1(3,4)5;;/h1H,(H,4,5);;;;/q;2*-1;;. The van der Waals surface area contributed by atoms with Crippen LogP contribution >= 0.6 is 0 Å². The van der Waals surface area contributed by atoms with Gasteiger partial charge < -0.3 is 39.6 Å². The molecule has 0 spiro atoms. The zero-order valence-corrected chi connectivity index (χ0v) is 6.52. The van der Waals surface area contributed by atoms with Gasteiger partial charge in [-0.1, -0.05) is 0 Å². The fraction of sp³-hybridized carbons (Fsp3) is 0. The zero-order valence-electron chi connectivity index (χ0n) is 6.52. The van der Waals surface area contributed by atoms with Crippen LogP contribution in [0.15, 0.2) is 0 Å². The van der Waals surface area contributed by atoms with E-state index in [1.807, 2.05) is 0 Å². The fourth-order valence-corrected chi connectivity index (χ4v) is 0. The van der Waals surface area contributed by atoms with Gasteiger partial charge in [0.25, 0.3) is 0 Å². The van der Waals surface area contributed by atoms with Crippen molar-refractivity contribution in [2.45, 2.75) is 0 Å². The summed E-state index contributed by atoms with van der Waals surface area (Å²) in [5.41, 5.74) is 0. The summed E-state index contributed by atoms with van der Waals surface area (Å²) >= 11 is 0. The van der Waals surface area contributed by atoms with E-state index in [1.54, 1.807) is 0 Å². The molecule has 0 saturated heterocycles. The Bertz CT molecular complexity index is 167. The average Bonchev–Trinajstić information content (AvgIpc) is 1.79. The van der Waals surface area contributed by atoms with E-state index in [0.29, 0.717) is 0 Å². The van der Waals surface area contributed by atoms with E-state index >= 15 is 0 Å². The van der Waals surface area contributed by atoms with E-state index in [4.69, 9.17) is 14.7 Å². The number of rotatable bonds is 1. The van der Waals surface area contributed by atoms with Crippen LogP contribution in [0.25, 0.3) is 0 Å². The van der Waals surface area contributed by atoms with E-state index in [0.717, 1.165) is 0 Å². The summed E-state index contributed by atoms with van der Waals surface area (Å²) in [5.74, 6) is -1.43. The summed E-state index contributed by atoms with van der Waals surface area (Å²) in [6, 6.07) is 0. The Morgan fingerprint density at radius 2 is 0.938 bits per heavy atom. The van der Waals surface area contributed by atoms with E-state index in [9.17, 15) is 34.5 Å². The van der Waals surface area contributed by atoms with Gasteiger partial charge in [-0.2, -0.15) is 0 Å². The average molecular weight is 256 g/mol. The van der Waals surface area contributed by atoms with Crippen molar-refractivity contribution < 1.29 is 49.2 Å². The van der Waals surface area contributed by atoms with Crippen LogP contribution in [0.5, 0.6) is 0 Å². The summed E-state index contributed by atoms with van der Waals surface area (Å²) in [6.07, 6.45) is -0.167. The topological polar surface area (TPSA) is 54.4 Å². The molecule has 0 radical (unpaired) electrons. The molecule has 0 aliphatic heterocycles. The van der Waals surface area contributed by atoms with E-state index in [2.05, 4.69) is 0 Å². The van der Waals surface area contributed by atoms with Gasteiger partial charge >= 0.3 is 39.3 Å². The maximum absolute atomic E-state index is 9.75. The SMILES string of the molecule is F[B-](F)(F)F.F[B-](F)(F)F.O=CC(=O)O.[LiH]. The summed E-state index contributed by atoms with van der Waals surface area (Å²) in [6.45, 7) is 0. The normalized spacial score (nSPS) is 9.50. The monoisotopic (exact) mass is 256 g/mol. The van der Waals surface area contributed by atoms with Crippen molar-refractivity contribution in [3.63, 3.8) is 0 Å². The predicted molar refractivity (Wildman–Crippen MR) is 41.2 cm³/mol. The number of aldehydes is 1. The van der Waals surface area contributed by atoms with Crippen molar-refractivity contribution in [3.8, 4) is 0 Å². The second-order valence-corrected chi connectivity index (χ2v) is 1.45. The molecular formula is C2H3B2F8LiO3-2. The Morgan fingerprint density at radius 1 is 0.875 bits per heavy atom. The van der Waals surface area contributed by atoms with Crippen molar-refractivity contribution >= 4 is 45.6 Å². The summed E-state index contributed by atoms with van der Waals surface area (Å²) in [5, 5.41) is 7.35. The minimum absolute atomic E-state index is 0. The molecule has 0 fully saturated rings. The number of carboxylic acids is 1. The van der Waals surface area contributed by atoms with Gasteiger partial charge in [0.05, 0.1) is 0 Å². The molecule has 16 heavy (non-hydrogen) atoms. The van der Waals surface area contributed by atoms with Crippen LogP contribution in [0, 0.1) is 0 Å². The van der Waals surface area contributed by atoms with Gasteiger partial charge in [-0.3, -0.25) is 4.79 Å². The van der Waals surface area contributed by atoms with Crippen LogP contribution in [0.3, 0.4) is 0 Å². The molecule has 94 valence electrons. The molecule has 1 N–H and O–H groups in total. The summed E-state index contributed by atoms with van der Waals surface area (Å²) in [7, 11) is -12.0. The van der Waals surface area contributed by atoms with Crippen LogP contribution in [-0.2, 0) is 9.59 Å². The van der Waals surface area contributed by atoms with Crippen molar-refractivity contribution in [1.82, 2.24) is 0 Å². The molecule has 0 aromatic rings. The first-order chi connectivity index (χ1) is 6.27. The van der Waals surface area contributed by atoms with Gasteiger partial charge in [0, 0.05) is 0 Å². The molecule has 3 nitrogen and oxygen atoms in total. The number of carboxylic acid groups (broad SMARTS) is 1. The molecule has 0 rings (SSSR count). The van der Waals surface area contributed by atoms with Crippen molar-refractivity contribution in [3.05, 3.63) is 0 Å². The first-order valence-electron chi connectivity index (χ1n) is 2.70. The van der Waals surface area contributed by atoms with Gasteiger partial charge in [-0.15, -0.1) is 0 Å². The third-order valence-corrected chi connectivity index (χ3v) is 0.101.